The molecule has 1 aliphatic carbocycles. The molecule has 110 valence electrons. The molecule has 0 aliphatic heterocycles. The summed E-state index contributed by atoms with van der Waals surface area (Å²) in [6, 6.07) is 7.29. The van der Waals surface area contributed by atoms with Crippen molar-refractivity contribution < 1.29 is 14.3 Å². The predicted octanol–water partition coefficient (Wildman–Crippen LogP) is 1.92. The summed E-state index contributed by atoms with van der Waals surface area (Å²) < 4.78 is 10.8. The summed E-state index contributed by atoms with van der Waals surface area (Å²) in [5.41, 5.74) is 5.89. The number of benzene rings is 1. The van der Waals surface area contributed by atoms with E-state index in [0.717, 1.165) is 30.7 Å². The van der Waals surface area contributed by atoms with E-state index in [1.807, 2.05) is 24.3 Å². The first-order chi connectivity index (χ1) is 9.67. The smallest absolute Gasteiger partial charge is 0.227 e. The Morgan fingerprint density at radius 1 is 1.35 bits per heavy atom. The van der Waals surface area contributed by atoms with E-state index in [0.29, 0.717) is 19.6 Å². The summed E-state index contributed by atoms with van der Waals surface area (Å²) in [5.74, 6) is 0.739. The van der Waals surface area contributed by atoms with E-state index >= 15 is 0 Å². The molecule has 0 radical (unpaired) electrons. The largest absolute Gasteiger partial charge is 0.492 e. The quantitative estimate of drug-likeness (QED) is 0.799. The van der Waals surface area contributed by atoms with Crippen molar-refractivity contribution in [1.29, 1.82) is 0 Å². The molecule has 0 spiro atoms. The average Bonchev–Trinajstić information content (AvgIpc) is 2.42. The van der Waals surface area contributed by atoms with Gasteiger partial charge >= 0.3 is 0 Å². The van der Waals surface area contributed by atoms with Gasteiger partial charge in [-0.3, -0.25) is 4.79 Å². The van der Waals surface area contributed by atoms with E-state index in [2.05, 4.69) is 5.32 Å². The van der Waals surface area contributed by atoms with Gasteiger partial charge in [0.05, 0.1) is 12.0 Å². The van der Waals surface area contributed by atoms with Crippen molar-refractivity contribution in [1.82, 2.24) is 0 Å². The van der Waals surface area contributed by atoms with Gasteiger partial charge in [-0.05, 0) is 43.5 Å². The molecule has 1 amide bonds. The topological polar surface area (TPSA) is 73.6 Å². The van der Waals surface area contributed by atoms with Gasteiger partial charge in [-0.2, -0.15) is 0 Å². The third-order valence-electron chi connectivity index (χ3n) is 3.71. The second kappa shape index (κ2) is 6.72. The number of carbonyl (C=O) groups excluding carboxylic acids is 1. The van der Waals surface area contributed by atoms with Gasteiger partial charge in [0.15, 0.2) is 0 Å². The average molecular weight is 278 g/mol. The van der Waals surface area contributed by atoms with Gasteiger partial charge in [0, 0.05) is 19.3 Å². The molecule has 0 heterocycles. The van der Waals surface area contributed by atoms with Gasteiger partial charge in [-0.15, -0.1) is 0 Å². The lowest BCUT2D eigenvalue weighted by molar-refractivity contribution is -0.129. The summed E-state index contributed by atoms with van der Waals surface area (Å²) >= 11 is 0. The maximum absolute atomic E-state index is 12.0. The van der Waals surface area contributed by atoms with Gasteiger partial charge in [0.1, 0.15) is 12.4 Å². The van der Waals surface area contributed by atoms with Crippen LogP contribution in [0.5, 0.6) is 5.75 Å². The highest BCUT2D eigenvalue weighted by Crippen LogP contribution is 2.38. The second-order valence-corrected chi connectivity index (χ2v) is 5.13. The second-order valence-electron chi connectivity index (χ2n) is 5.13. The van der Waals surface area contributed by atoms with Gasteiger partial charge < -0.3 is 20.5 Å². The van der Waals surface area contributed by atoms with E-state index < -0.39 is 0 Å². The van der Waals surface area contributed by atoms with Crippen LogP contribution in [0.2, 0.25) is 0 Å². The Morgan fingerprint density at radius 3 is 2.55 bits per heavy atom. The van der Waals surface area contributed by atoms with Crippen molar-refractivity contribution >= 4 is 11.6 Å². The minimum atomic E-state index is -0.242. The van der Waals surface area contributed by atoms with Crippen molar-refractivity contribution in [2.75, 3.05) is 25.6 Å². The fourth-order valence-electron chi connectivity index (χ4n) is 2.33. The number of methoxy groups -OCH3 is 1. The zero-order valence-corrected chi connectivity index (χ0v) is 11.9. The molecule has 0 atom stereocenters. The van der Waals surface area contributed by atoms with Crippen LogP contribution < -0.4 is 15.8 Å². The van der Waals surface area contributed by atoms with Crippen molar-refractivity contribution in [2.45, 2.75) is 31.3 Å². The van der Waals surface area contributed by atoms with Crippen molar-refractivity contribution in [2.24, 2.45) is 5.73 Å². The molecule has 3 N–H and O–H groups in total. The van der Waals surface area contributed by atoms with Crippen LogP contribution in [0.4, 0.5) is 5.69 Å². The molecule has 5 heteroatoms. The van der Waals surface area contributed by atoms with Gasteiger partial charge in [-0.1, -0.05) is 0 Å². The number of amides is 1. The zero-order valence-electron chi connectivity index (χ0n) is 11.9. The molecule has 1 aliphatic rings. The zero-order chi connectivity index (χ0) is 14.4. The molecule has 1 fully saturated rings. The van der Waals surface area contributed by atoms with Crippen LogP contribution in [-0.2, 0) is 9.53 Å². The summed E-state index contributed by atoms with van der Waals surface area (Å²) in [7, 11) is 1.68. The number of hydrogen-bond acceptors (Lipinski definition) is 4. The summed E-state index contributed by atoms with van der Waals surface area (Å²) in [4.78, 5) is 12.0. The minimum Gasteiger partial charge on any atom is -0.492 e. The van der Waals surface area contributed by atoms with E-state index in [1.54, 1.807) is 7.11 Å². The lowest BCUT2D eigenvalue weighted by atomic mass is 9.77. The van der Waals surface area contributed by atoms with Crippen LogP contribution in [0.3, 0.4) is 0 Å². The van der Waals surface area contributed by atoms with Crippen LogP contribution in [0.1, 0.15) is 25.7 Å². The highest BCUT2D eigenvalue weighted by molar-refractivity contribution is 5.91. The van der Waals surface area contributed by atoms with Crippen molar-refractivity contribution in [3.8, 4) is 5.75 Å². The molecular weight excluding hydrogens is 256 g/mol. The van der Waals surface area contributed by atoms with Gasteiger partial charge in [0.2, 0.25) is 5.91 Å². The summed E-state index contributed by atoms with van der Waals surface area (Å²) in [6.45, 7) is 0.972. The fourth-order valence-corrected chi connectivity index (χ4v) is 2.33. The van der Waals surface area contributed by atoms with Crippen molar-refractivity contribution in [3.05, 3.63) is 24.3 Å². The third-order valence-corrected chi connectivity index (χ3v) is 3.71. The molecule has 2 rings (SSSR count). The summed E-state index contributed by atoms with van der Waals surface area (Å²) in [6.07, 6.45) is 3.47. The van der Waals surface area contributed by atoms with Crippen LogP contribution in [0, 0.1) is 0 Å². The molecule has 0 bridgehead atoms. The first kappa shape index (κ1) is 14.8. The molecule has 5 nitrogen and oxygen atoms in total. The molecule has 1 aromatic rings. The maximum atomic E-state index is 12.0. The normalized spacial score (nSPS) is 16.3. The fraction of sp³-hybridized carbons (Fsp3) is 0.533. The Balaban J connectivity index is 1.84. The first-order valence-electron chi connectivity index (χ1n) is 6.95. The molecular formula is C15H22N2O3. The summed E-state index contributed by atoms with van der Waals surface area (Å²) in [5, 5.41) is 2.88. The van der Waals surface area contributed by atoms with Gasteiger partial charge in [-0.25, -0.2) is 0 Å². The Kier molecular flexibility index (Phi) is 4.98. The highest BCUT2D eigenvalue weighted by Gasteiger charge is 2.38. The van der Waals surface area contributed by atoms with E-state index in [-0.39, 0.29) is 11.5 Å². The molecule has 20 heavy (non-hydrogen) atoms. The standard InChI is InChI=1S/C15H22N2O3/c1-19-15(7-2-8-15)11-14(18)17-12-3-5-13(6-4-12)20-10-9-16/h3-6H,2,7-11,16H2,1H3,(H,17,18). The lowest BCUT2D eigenvalue weighted by Crippen LogP contribution is -2.42. The molecule has 0 saturated heterocycles. The molecule has 1 aromatic carbocycles. The van der Waals surface area contributed by atoms with Gasteiger partial charge in [0.25, 0.3) is 0 Å². The van der Waals surface area contributed by atoms with E-state index in [4.69, 9.17) is 15.2 Å². The van der Waals surface area contributed by atoms with Crippen LogP contribution >= 0.6 is 0 Å². The first-order valence-corrected chi connectivity index (χ1v) is 6.95. The van der Waals surface area contributed by atoms with Crippen molar-refractivity contribution in [3.63, 3.8) is 0 Å². The molecule has 1 saturated carbocycles. The SMILES string of the molecule is COC1(CC(=O)Nc2ccc(OCCN)cc2)CCC1. The van der Waals surface area contributed by atoms with Crippen LogP contribution in [0.15, 0.2) is 24.3 Å². The van der Waals surface area contributed by atoms with Crippen LogP contribution in [-0.4, -0.2) is 31.8 Å². The highest BCUT2D eigenvalue weighted by atomic mass is 16.5. The lowest BCUT2D eigenvalue weighted by Gasteiger charge is -2.39. The van der Waals surface area contributed by atoms with E-state index in [9.17, 15) is 4.79 Å². The number of ether oxygens (including phenoxy) is 2. The molecule has 0 aromatic heterocycles. The van der Waals surface area contributed by atoms with E-state index in [1.165, 1.54) is 0 Å². The monoisotopic (exact) mass is 278 g/mol. The Bertz CT molecular complexity index is 435. The number of hydrogen-bond donors (Lipinski definition) is 2. The number of rotatable bonds is 7. The minimum absolute atomic E-state index is 0.0119. The third kappa shape index (κ3) is 3.71. The predicted molar refractivity (Wildman–Crippen MR) is 77.8 cm³/mol. The molecule has 0 unspecified atom stereocenters. The number of anilines is 1. The number of nitrogens with one attached hydrogen (secondary N) is 1. The van der Waals surface area contributed by atoms with Crippen LogP contribution in [0.25, 0.3) is 0 Å². The maximum Gasteiger partial charge on any atom is 0.227 e. The number of nitrogens with two attached hydrogens (primary N) is 1. The Labute approximate surface area is 119 Å². The Morgan fingerprint density at radius 2 is 2.05 bits per heavy atom. The number of carbonyl (C=O) groups is 1. The Hall–Kier alpha value is -1.59.